The molecule has 5 heteroatoms. The van der Waals surface area contributed by atoms with Gasteiger partial charge in [-0.15, -0.1) is 0 Å². The van der Waals surface area contributed by atoms with Crippen molar-refractivity contribution in [2.75, 3.05) is 10.6 Å². The fourth-order valence-corrected chi connectivity index (χ4v) is 3.16. The Morgan fingerprint density at radius 2 is 1.22 bits per heavy atom. The lowest BCUT2D eigenvalue weighted by Gasteiger charge is -2.15. The maximum absolute atomic E-state index is 13.2. The Bertz CT molecular complexity index is 1090. The highest BCUT2D eigenvalue weighted by atomic mass is 16.5. The molecular formula is C27H28N2O3. The van der Waals surface area contributed by atoms with Gasteiger partial charge in [0.2, 0.25) is 0 Å². The van der Waals surface area contributed by atoms with Crippen LogP contribution in [0.15, 0.2) is 78.4 Å². The molecule has 0 aliphatic carbocycles. The molecule has 2 N–H and O–H groups in total. The SMILES string of the molecule is Cc1ccccc1NC(=O)C(=Cc1ccccc1OC(C)C)C(=O)Nc1ccccc1C. The highest BCUT2D eigenvalue weighted by molar-refractivity contribution is 6.29. The van der Waals surface area contributed by atoms with Crippen LogP contribution < -0.4 is 15.4 Å². The third-order valence-electron chi connectivity index (χ3n) is 4.86. The zero-order valence-electron chi connectivity index (χ0n) is 18.8. The van der Waals surface area contributed by atoms with Gasteiger partial charge in [0, 0.05) is 16.9 Å². The van der Waals surface area contributed by atoms with E-state index in [1.165, 1.54) is 0 Å². The lowest BCUT2D eigenvalue weighted by atomic mass is 10.1. The first-order chi connectivity index (χ1) is 15.3. The quantitative estimate of drug-likeness (QED) is 0.286. The number of carbonyl (C=O) groups is 2. The van der Waals surface area contributed by atoms with Crippen molar-refractivity contribution < 1.29 is 14.3 Å². The van der Waals surface area contributed by atoms with Crippen molar-refractivity contribution in [3.05, 3.63) is 95.1 Å². The van der Waals surface area contributed by atoms with E-state index in [2.05, 4.69) is 10.6 Å². The van der Waals surface area contributed by atoms with Crippen LogP contribution in [-0.4, -0.2) is 17.9 Å². The summed E-state index contributed by atoms with van der Waals surface area (Å²) in [5.41, 5.74) is 3.75. The molecule has 0 aromatic heterocycles. The number of rotatable bonds is 7. The van der Waals surface area contributed by atoms with Gasteiger partial charge in [0.05, 0.1) is 6.10 Å². The summed E-state index contributed by atoms with van der Waals surface area (Å²) in [5, 5.41) is 5.73. The van der Waals surface area contributed by atoms with Gasteiger partial charge >= 0.3 is 0 Å². The van der Waals surface area contributed by atoms with Crippen LogP contribution in [-0.2, 0) is 9.59 Å². The van der Waals surface area contributed by atoms with Crippen LogP contribution in [0.2, 0.25) is 0 Å². The molecule has 0 aliphatic rings. The number of hydrogen-bond donors (Lipinski definition) is 2. The minimum atomic E-state index is -0.496. The second kappa shape index (κ2) is 10.4. The number of nitrogens with one attached hydrogen (secondary N) is 2. The molecular weight excluding hydrogens is 400 g/mol. The summed E-state index contributed by atoms with van der Waals surface area (Å²) in [4.78, 5) is 26.5. The Kier molecular flexibility index (Phi) is 7.45. The van der Waals surface area contributed by atoms with Gasteiger partial charge in [0.25, 0.3) is 11.8 Å². The van der Waals surface area contributed by atoms with Crippen LogP contribution >= 0.6 is 0 Å². The van der Waals surface area contributed by atoms with Crippen molar-refractivity contribution in [3.63, 3.8) is 0 Å². The van der Waals surface area contributed by atoms with Gasteiger partial charge in [-0.25, -0.2) is 0 Å². The molecule has 0 bridgehead atoms. The van der Waals surface area contributed by atoms with Crippen LogP contribution in [0.25, 0.3) is 6.08 Å². The number of aryl methyl sites for hydroxylation is 2. The second-order valence-electron chi connectivity index (χ2n) is 7.80. The summed E-state index contributed by atoms with van der Waals surface area (Å²) in [6.45, 7) is 7.66. The van der Waals surface area contributed by atoms with Crippen molar-refractivity contribution in [2.45, 2.75) is 33.8 Å². The number of carbonyl (C=O) groups excluding carboxylic acids is 2. The summed E-state index contributed by atoms with van der Waals surface area (Å²) >= 11 is 0. The number of benzene rings is 3. The molecule has 0 unspecified atom stereocenters. The fourth-order valence-electron chi connectivity index (χ4n) is 3.16. The molecule has 0 fully saturated rings. The van der Waals surface area contributed by atoms with E-state index in [1.807, 2.05) is 88.4 Å². The minimum Gasteiger partial charge on any atom is -0.490 e. The summed E-state index contributed by atoms with van der Waals surface area (Å²) < 4.78 is 5.87. The highest BCUT2D eigenvalue weighted by Gasteiger charge is 2.21. The first-order valence-electron chi connectivity index (χ1n) is 10.6. The van der Waals surface area contributed by atoms with Crippen LogP contribution in [0.4, 0.5) is 11.4 Å². The molecule has 32 heavy (non-hydrogen) atoms. The average molecular weight is 429 g/mol. The Morgan fingerprint density at radius 3 is 1.72 bits per heavy atom. The summed E-state index contributed by atoms with van der Waals surface area (Å²) in [5.74, 6) is -0.387. The van der Waals surface area contributed by atoms with Gasteiger partial charge in [0.15, 0.2) is 0 Å². The number of anilines is 2. The Morgan fingerprint density at radius 1 is 0.750 bits per heavy atom. The van der Waals surface area contributed by atoms with Crippen LogP contribution in [0.5, 0.6) is 5.75 Å². The van der Waals surface area contributed by atoms with Gasteiger partial charge in [-0.1, -0.05) is 54.6 Å². The molecule has 3 aromatic carbocycles. The summed E-state index contributed by atoms with van der Waals surface area (Å²) in [6, 6.07) is 22.2. The third-order valence-corrected chi connectivity index (χ3v) is 4.86. The van der Waals surface area contributed by atoms with E-state index in [0.29, 0.717) is 22.7 Å². The molecule has 0 saturated carbocycles. The second-order valence-corrected chi connectivity index (χ2v) is 7.80. The van der Waals surface area contributed by atoms with E-state index in [1.54, 1.807) is 18.2 Å². The molecule has 3 aromatic rings. The van der Waals surface area contributed by atoms with E-state index in [0.717, 1.165) is 11.1 Å². The number of amides is 2. The Labute approximate surface area is 189 Å². The maximum Gasteiger partial charge on any atom is 0.261 e. The average Bonchev–Trinajstić information content (AvgIpc) is 2.75. The largest absolute Gasteiger partial charge is 0.490 e. The number of hydrogen-bond acceptors (Lipinski definition) is 3. The van der Waals surface area contributed by atoms with Gasteiger partial charge in [-0.2, -0.15) is 0 Å². The maximum atomic E-state index is 13.2. The number of ether oxygens (including phenoxy) is 1. The van der Waals surface area contributed by atoms with Gasteiger partial charge in [-0.05, 0) is 63.1 Å². The molecule has 2 amide bonds. The summed E-state index contributed by atoms with van der Waals surface area (Å²) in [6.07, 6.45) is 1.52. The standard InChI is InChI=1S/C27H28N2O3/c1-18(2)32-25-16-10-7-13-21(25)17-22(26(30)28-23-14-8-5-11-19(23)3)27(31)29-24-15-9-6-12-20(24)4/h5-18H,1-4H3,(H,28,30)(H,29,31). The third kappa shape index (κ3) is 5.85. The highest BCUT2D eigenvalue weighted by Crippen LogP contribution is 2.24. The topological polar surface area (TPSA) is 67.4 Å². The van der Waals surface area contributed by atoms with E-state index < -0.39 is 11.8 Å². The molecule has 3 rings (SSSR count). The Hall–Kier alpha value is -3.86. The molecule has 0 heterocycles. The van der Waals surface area contributed by atoms with Crippen LogP contribution in [0.1, 0.15) is 30.5 Å². The lowest BCUT2D eigenvalue weighted by molar-refractivity contribution is -0.118. The molecule has 0 atom stereocenters. The first kappa shape index (κ1) is 22.8. The van der Waals surface area contributed by atoms with E-state index in [-0.39, 0.29) is 11.7 Å². The molecule has 0 spiro atoms. The Balaban J connectivity index is 2.00. The van der Waals surface area contributed by atoms with E-state index >= 15 is 0 Å². The fraction of sp³-hybridized carbons (Fsp3) is 0.185. The van der Waals surface area contributed by atoms with Crippen LogP contribution in [0.3, 0.4) is 0 Å². The molecule has 0 aliphatic heterocycles. The normalized spacial score (nSPS) is 10.4. The molecule has 5 nitrogen and oxygen atoms in total. The zero-order valence-corrected chi connectivity index (χ0v) is 18.8. The van der Waals surface area contributed by atoms with Crippen molar-refractivity contribution in [3.8, 4) is 5.75 Å². The number of para-hydroxylation sites is 3. The predicted octanol–water partition coefficient (Wildman–Crippen LogP) is 5.75. The molecule has 0 saturated heterocycles. The predicted molar refractivity (Wildman–Crippen MR) is 130 cm³/mol. The van der Waals surface area contributed by atoms with Gasteiger partial charge in [-0.3, -0.25) is 9.59 Å². The van der Waals surface area contributed by atoms with Gasteiger partial charge < -0.3 is 15.4 Å². The molecule has 164 valence electrons. The van der Waals surface area contributed by atoms with E-state index in [4.69, 9.17) is 4.74 Å². The van der Waals surface area contributed by atoms with Gasteiger partial charge in [0.1, 0.15) is 11.3 Å². The van der Waals surface area contributed by atoms with Crippen LogP contribution in [0, 0.1) is 13.8 Å². The zero-order chi connectivity index (χ0) is 23.1. The minimum absolute atomic E-state index is 0.0173. The van der Waals surface area contributed by atoms with Crippen molar-refractivity contribution >= 4 is 29.3 Å². The van der Waals surface area contributed by atoms with Crippen molar-refractivity contribution in [1.29, 1.82) is 0 Å². The molecule has 0 radical (unpaired) electrons. The monoisotopic (exact) mass is 428 g/mol. The first-order valence-corrected chi connectivity index (χ1v) is 10.6. The smallest absolute Gasteiger partial charge is 0.261 e. The van der Waals surface area contributed by atoms with Crippen molar-refractivity contribution in [1.82, 2.24) is 0 Å². The lowest BCUT2D eigenvalue weighted by Crippen LogP contribution is -2.26. The van der Waals surface area contributed by atoms with E-state index in [9.17, 15) is 9.59 Å². The van der Waals surface area contributed by atoms with Crippen molar-refractivity contribution in [2.24, 2.45) is 0 Å². The summed E-state index contributed by atoms with van der Waals surface area (Å²) in [7, 11) is 0.